The Labute approximate surface area is 81.5 Å². The molecule has 1 aliphatic heterocycles. The van der Waals surface area contributed by atoms with E-state index in [0.717, 1.165) is 4.36 Å². The fourth-order valence-corrected chi connectivity index (χ4v) is 3.09. The fraction of sp³-hybridized carbons (Fsp3) is 0.714. The largest absolute Gasteiger partial charge is 0.317 e. The van der Waals surface area contributed by atoms with Crippen LogP contribution in [0.15, 0.2) is 10.4 Å². The normalized spacial score (nSPS) is 33.6. The summed E-state index contributed by atoms with van der Waals surface area (Å²) in [4.78, 5) is 0. The zero-order valence-electron chi connectivity index (χ0n) is 6.47. The molecule has 0 amide bonds. The number of hydrogen-bond acceptors (Lipinski definition) is 2. The Hall–Kier alpha value is 0.630. The van der Waals surface area contributed by atoms with E-state index in [9.17, 15) is 0 Å². The van der Waals surface area contributed by atoms with Crippen molar-refractivity contribution in [3.8, 4) is 0 Å². The van der Waals surface area contributed by atoms with Crippen LogP contribution in [0.5, 0.6) is 0 Å². The van der Waals surface area contributed by atoms with Crippen molar-refractivity contribution in [1.29, 1.82) is 0 Å². The third-order valence-electron chi connectivity index (χ3n) is 1.88. The number of hydrogen-bond donors (Lipinski definition) is 1. The number of rotatable bonds is 2. The van der Waals surface area contributed by atoms with Gasteiger partial charge in [0.2, 0.25) is 0 Å². The summed E-state index contributed by atoms with van der Waals surface area (Å²) in [6.07, 6.45) is 2.02. The van der Waals surface area contributed by atoms with E-state index < -0.39 is 0 Å². The van der Waals surface area contributed by atoms with E-state index in [4.69, 9.17) is 23.2 Å². The second kappa shape index (κ2) is 4.04. The van der Waals surface area contributed by atoms with Crippen LogP contribution in [0.25, 0.3) is 0 Å². The molecule has 4 heteroatoms. The standard InChI is InChI=1S/C7H11Cl2NS/c1-4(10-2)5-3-6(8)11-7(5)9/h3-5,7,10H,1-2H3. The van der Waals surface area contributed by atoms with Crippen LogP contribution in [0.2, 0.25) is 0 Å². The molecular formula is C7H11Cl2NS. The Morgan fingerprint density at radius 3 is 2.73 bits per heavy atom. The highest BCUT2D eigenvalue weighted by Gasteiger charge is 2.29. The lowest BCUT2D eigenvalue weighted by Crippen LogP contribution is -2.32. The first-order valence-corrected chi connectivity index (χ1v) is 5.20. The zero-order chi connectivity index (χ0) is 8.43. The van der Waals surface area contributed by atoms with Crippen LogP contribution in [0.3, 0.4) is 0 Å². The summed E-state index contributed by atoms with van der Waals surface area (Å²) in [5.41, 5.74) is 0. The monoisotopic (exact) mass is 211 g/mol. The number of thioether (sulfide) groups is 1. The second-order valence-corrected chi connectivity index (χ2v) is 5.14. The van der Waals surface area contributed by atoms with Gasteiger partial charge in [0.05, 0.1) is 9.07 Å². The van der Waals surface area contributed by atoms with Gasteiger partial charge in [0.15, 0.2) is 0 Å². The Bertz CT molecular complexity index is 172. The SMILES string of the molecule is CNC(C)C1C=C(Cl)SC1Cl. The first-order chi connectivity index (χ1) is 5.15. The smallest absolute Gasteiger partial charge is 0.0922 e. The van der Waals surface area contributed by atoms with Gasteiger partial charge in [0.1, 0.15) is 0 Å². The molecule has 0 aromatic heterocycles. The van der Waals surface area contributed by atoms with Crippen molar-refractivity contribution < 1.29 is 0 Å². The van der Waals surface area contributed by atoms with Gasteiger partial charge in [-0.05, 0) is 14.0 Å². The maximum Gasteiger partial charge on any atom is 0.0922 e. The van der Waals surface area contributed by atoms with Gasteiger partial charge < -0.3 is 5.32 Å². The average molecular weight is 212 g/mol. The third-order valence-corrected chi connectivity index (χ3v) is 3.74. The van der Waals surface area contributed by atoms with Crippen molar-refractivity contribution in [3.63, 3.8) is 0 Å². The molecule has 0 aliphatic carbocycles. The van der Waals surface area contributed by atoms with Gasteiger partial charge in [-0.15, -0.1) is 11.6 Å². The molecule has 0 spiro atoms. The van der Waals surface area contributed by atoms with Crippen molar-refractivity contribution in [2.75, 3.05) is 7.05 Å². The molecule has 0 aromatic carbocycles. The first-order valence-electron chi connectivity index (χ1n) is 3.50. The Morgan fingerprint density at radius 1 is 1.73 bits per heavy atom. The molecule has 1 heterocycles. The van der Waals surface area contributed by atoms with Gasteiger partial charge in [-0.3, -0.25) is 0 Å². The minimum absolute atomic E-state index is 0.0879. The molecule has 0 saturated heterocycles. The van der Waals surface area contributed by atoms with Crippen molar-refractivity contribution in [1.82, 2.24) is 5.32 Å². The van der Waals surface area contributed by atoms with Crippen molar-refractivity contribution in [2.45, 2.75) is 17.7 Å². The Kier molecular flexibility index (Phi) is 3.56. The van der Waals surface area contributed by atoms with Gasteiger partial charge in [0.25, 0.3) is 0 Å². The maximum atomic E-state index is 6.03. The first kappa shape index (κ1) is 9.72. The van der Waals surface area contributed by atoms with E-state index in [1.165, 1.54) is 11.8 Å². The molecule has 1 nitrogen and oxygen atoms in total. The van der Waals surface area contributed by atoms with Crippen LogP contribution >= 0.6 is 35.0 Å². The van der Waals surface area contributed by atoms with Gasteiger partial charge in [-0.1, -0.05) is 29.4 Å². The highest BCUT2D eigenvalue weighted by molar-refractivity contribution is 8.06. The molecule has 3 unspecified atom stereocenters. The van der Waals surface area contributed by atoms with Crippen LogP contribution in [-0.4, -0.2) is 17.8 Å². The van der Waals surface area contributed by atoms with E-state index in [1.807, 2.05) is 13.1 Å². The van der Waals surface area contributed by atoms with Gasteiger partial charge in [0, 0.05) is 12.0 Å². The maximum absolute atomic E-state index is 6.03. The number of alkyl halides is 1. The molecule has 3 atom stereocenters. The molecule has 0 fully saturated rings. The van der Waals surface area contributed by atoms with Crippen molar-refractivity contribution in [2.24, 2.45) is 5.92 Å². The summed E-state index contributed by atoms with van der Waals surface area (Å²) >= 11 is 13.4. The molecule has 11 heavy (non-hydrogen) atoms. The van der Waals surface area contributed by atoms with Crippen LogP contribution in [-0.2, 0) is 0 Å². The molecule has 0 radical (unpaired) electrons. The van der Waals surface area contributed by atoms with Gasteiger partial charge in [-0.25, -0.2) is 0 Å². The molecule has 64 valence electrons. The van der Waals surface area contributed by atoms with E-state index in [-0.39, 0.29) is 4.71 Å². The second-order valence-electron chi connectivity index (χ2n) is 2.59. The average Bonchev–Trinajstić information content (AvgIpc) is 2.28. The lowest BCUT2D eigenvalue weighted by Gasteiger charge is -2.19. The predicted octanol–water partition coefficient (Wildman–Crippen LogP) is 2.60. The molecule has 0 saturated carbocycles. The van der Waals surface area contributed by atoms with E-state index in [1.54, 1.807) is 0 Å². The summed E-state index contributed by atoms with van der Waals surface area (Å²) in [5.74, 6) is 0.346. The molecular weight excluding hydrogens is 201 g/mol. The summed E-state index contributed by atoms with van der Waals surface area (Å²) in [7, 11) is 1.93. The predicted molar refractivity (Wildman–Crippen MR) is 53.2 cm³/mol. The van der Waals surface area contributed by atoms with E-state index in [0.29, 0.717) is 12.0 Å². The Balaban J connectivity index is 2.58. The highest BCUT2D eigenvalue weighted by Crippen LogP contribution is 2.42. The molecule has 1 rings (SSSR count). The van der Waals surface area contributed by atoms with Crippen LogP contribution in [0, 0.1) is 5.92 Å². The number of halogens is 2. The lowest BCUT2D eigenvalue weighted by atomic mass is 10.0. The van der Waals surface area contributed by atoms with Crippen molar-refractivity contribution in [3.05, 3.63) is 10.4 Å². The minimum Gasteiger partial charge on any atom is -0.317 e. The van der Waals surface area contributed by atoms with Crippen LogP contribution in [0.4, 0.5) is 0 Å². The summed E-state index contributed by atoms with van der Waals surface area (Å²) in [5, 5.41) is 3.16. The third kappa shape index (κ3) is 2.28. The van der Waals surface area contributed by atoms with Gasteiger partial charge >= 0.3 is 0 Å². The summed E-state index contributed by atoms with van der Waals surface area (Å²) < 4.78 is 0.905. The molecule has 0 bridgehead atoms. The van der Waals surface area contributed by atoms with E-state index >= 15 is 0 Å². The quantitative estimate of drug-likeness (QED) is 0.706. The summed E-state index contributed by atoms with van der Waals surface area (Å²) in [6.45, 7) is 2.10. The Morgan fingerprint density at radius 2 is 2.36 bits per heavy atom. The number of nitrogens with one attached hydrogen (secondary N) is 1. The highest BCUT2D eigenvalue weighted by atomic mass is 35.5. The topological polar surface area (TPSA) is 12.0 Å². The van der Waals surface area contributed by atoms with Gasteiger partial charge in [-0.2, -0.15) is 0 Å². The molecule has 1 N–H and O–H groups in total. The van der Waals surface area contributed by atoms with Crippen LogP contribution < -0.4 is 5.32 Å². The fourth-order valence-electron chi connectivity index (χ4n) is 1.02. The van der Waals surface area contributed by atoms with E-state index in [2.05, 4.69) is 12.2 Å². The minimum atomic E-state index is 0.0879. The zero-order valence-corrected chi connectivity index (χ0v) is 8.80. The van der Waals surface area contributed by atoms with Crippen LogP contribution in [0.1, 0.15) is 6.92 Å². The molecule has 0 aromatic rings. The van der Waals surface area contributed by atoms with Crippen molar-refractivity contribution >= 4 is 35.0 Å². The molecule has 1 aliphatic rings. The lowest BCUT2D eigenvalue weighted by molar-refractivity contribution is 0.495. The summed E-state index contributed by atoms with van der Waals surface area (Å²) in [6, 6.07) is 0.390.